The van der Waals surface area contributed by atoms with Crippen molar-refractivity contribution in [1.82, 2.24) is 9.97 Å². The summed E-state index contributed by atoms with van der Waals surface area (Å²) in [5, 5.41) is 9.10. The quantitative estimate of drug-likeness (QED) is 0.770. The molecule has 0 spiro atoms. The van der Waals surface area contributed by atoms with Crippen LogP contribution in [0.2, 0.25) is 0 Å². The third-order valence-corrected chi connectivity index (χ3v) is 2.88. The summed E-state index contributed by atoms with van der Waals surface area (Å²) in [6.45, 7) is 2.86. The predicted octanol–water partition coefficient (Wildman–Crippen LogP) is 0.972. The fourth-order valence-electron chi connectivity index (χ4n) is 1.96. The minimum absolute atomic E-state index is 0.142. The molecule has 1 aliphatic carbocycles. The number of nitrogens with two attached hydrogens (primary N) is 1. The maximum atomic E-state index is 9.10. The van der Waals surface area contributed by atoms with Gasteiger partial charge in [0.2, 0.25) is 0 Å². The Morgan fingerprint density at radius 1 is 1.47 bits per heavy atom. The van der Waals surface area contributed by atoms with Gasteiger partial charge in [0.15, 0.2) is 0 Å². The second-order valence-electron chi connectivity index (χ2n) is 4.47. The van der Waals surface area contributed by atoms with Gasteiger partial charge in [-0.25, -0.2) is 9.97 Å². The van der Waals surface area contributed by atoms with E-state index in [1.54, 1.807) is 6.07 Å². The van der Waals surface area contributed by atoms with Crippen molar-refractivity contribution in [2.45, 2.75) is 38.6 Å². The molecule has 0 aromatic carbocycles. The Hall–Kier alpha value is -1.36. The first-order chi connectivity index (χ1) is 8.24. The van der Waals surface area contributed by atoms with E-state index in [2.05, 4.69) is 21.8 Å². The smallest absolute Gasteiger partial charge is 0.134 e. The van der Waals surface area contributed by atoms with E-state index in [9.17, 15) is 0 Å². The zero-order valence-electron chi connectivity index (χ0n) is 10.3. The van der Waals surface area contributed by atoms with Crippen LogP contribution in [0.15, 0.2) is 6.07 Å². The van der Waals surface area contributed by atoms with E-state index in [0.29, 0.717) is 18.4 Å². The van der Waals surface area contributed by atoms with E-state index in [-0.39, 0.29) is 6.61 Å². The molecule has 17 heavy (non-hydrogen) atoms. The molecular formula is C12H20N4O. The molecule has 1 aliphatic rings. The van der Waals surface area contributed by atoms with Gasteiger partial charge in [-0.2, -0.15) is 0 Å². The lowest BCUT2D eigenvalue weighted by atomic mass is 10.3. The third kappa shape index (κ3) is 3.06. The molecule has 2 rings (SSSR count). The summed E-state index contributed by atoms with van der Waals surface area (Å²) in [7, 11) is 0. The highest BCUT2D eigenvalue weighted by atomic mass is 16.3. The van der Waals surface area contributed by atoms with Crippen molar-refractivity contribution < 1.29 is 5.11 Å². The second kappa shape index (κ2) is 5.31. The fourth-order valence-corrected chi connectivity index (χ4v) is 1.96. The van der Waals surface area contributed by atoms with Crippen LogP contribution >= 0.6 is 0 Å². The van der Waals surface area contributed by atoms with Gasteiger partial charge in [0.05, 0.1) is 6.61 Å². The van der Waals surface area contributed by atoms with Gasteiger partial charge in [-0.05, 0) is 19.3 Å². The van der Waals surface area contributed by atoms with Crippen molar-refractivity contribution in [3.63, 3.8) is 0 Å². The van der Waals surface area contributed by atoms with Crippen molar-refractivity contribution >= 4 is 11.6 Å². The number of rotatable bonds is 6. The van der Waals surface area contributed by atoms with Crippen molar-refractivity contribution in [3.05, 3.63) is 11.9 Å². The van der Waals surface area contributed by atoms with Crippen LogP contribution in [0.5, 0.6) is 0 Å². The summed E-state index contributed by atoms with van der Waals surface area (Å²) in [5.41, 5.74) is 5.80. The number of aliphatic hydroxyl groups is 1. The SMILES string of the molecule is CCCc1nc(N)cc(N(CCO)C2CC2)n1. The molecule has 0 unspecified atom stereocenters. The van der Waals surface area contributed by atoms with Gasteiger partial charge in [-0.3, -0.25) is 0 Å². The molecule has 5 heteroatoms. The maximum absolute atomic E-state index is 9.10. The summed E-state index contributed by atoms with van der Waals surface area (Å²) in [6.07, 6.45) is 4.20. The number of aliphatic hydroxyl groups excluding tert-OH is 1. The number of nitrogen functional groups attached to an aromatic ring is 1. The highest BCUT2D eigenvalue weighted by Crippen LogP contribution is 2.30. The first-order valence-corrected chi connectivity index (χ1v) is 6.25. The summed E-state index contributed by atoms with van der Waals surface area (Å²) in [4.78, 5) is 10.9. The highest BCUT2D eigenvalue weighted by Gasteiger charge is 2.30. The summed E-state index contributed by atoms with van der Waals surface area (Å²) in [5.74, 6) is 2.17. The molecule has 0 atom stereocenters. The first kappa shape index (κ1) is 12.1. The van der Waals surface area contributed by atoms with Gasteiger partial charge in [0, 0.05) is 25.1 Å². The number of anilines is 2. The lowest BCUT2D eigenvalue weighted by Crippen LogP contribution is -2.30. The van der Waals surface area contributed by atoms with Crippen molar-refractivity contribution in [1.29, 1.82) is 0 Å². The molecule has 0 amide bonds. The van der Waals surface area contributed by atoms with E-state index >= 15 is 0 Å². The fraction of sp³-hybridized carbons (Fsp3) is 0.667. The van der Waals surface area contributed by atoms with Crippen LogP contribution in [-0.2, 0) is 6.42 Å². The Bertz CT molecular complexity index is 379. The molecule has 0 bridgehead atoms. The minimum atomic E-state index is 0.142. The molecule has 1 aromatic rings. The van der Waals surface area contributed by atoms with Crippen LogP contribution in [0, 0.1) is 0 Å². The van der Waals surface area contributed by atoms with E-state index in [1.165, 1.54) is 12.8 Å². The lowest BCUT2D eigenvalue weighted by Gasteiger charge is -2.23. The molecule has 1 aromatic heterocycles. The molecule has 0 aliphatic heterocycles. The Morgan fingerprint density at radius 2 is 2.24 bits per heavy atom. The summed E-state index contributed by atoms with van der Waals surface area (Å²) < 4.78 is 0. The van der Waals surface area contributed by atoms with E-state index in [4.69, 9.17) is 10.8 Å². The Morgan fingerprint density at radius 3 is 2.82 bits per heavy atom. The number of aryl methyl sites for hydroxylation is 1. The normalized spacial score (nSPS) is 14.9. The van der Waals surface area contributed by atoms with E-state index < -0.39 is 0 Å². The summed E-state index contributed by atoms with van der Waals surface area (Å²) >= 11 is 0. The molecule has 1 fully saturated rings. The Labute approximate surface area is 102 Å². The van der Waals surface area contributed by atoms with Crippen molar-refractivity contribution in [2.24, 2.45) is 0 Å². The molecule has 0 saturated heterocycles. The average Bonchev–Trinajstić information content (AvgIpc) is 3.09. The van der Waals surface area contributed by atoms with Crippen LogP contribution in [0.3, 0.4) is 0 Å². The minimum Gasteiger partial charge on any atom is -0.395 e. The van der Waals surface area contributed by atoms with E-state index in [0.717, 1.165) is 24.5 Å². The maximum Gasteiger partial charge on any atom is 0.134 e. The van der Waals surface area contributed by atoms with Crippen LogP contribution in [-0.4, -0.2) is 34.3 Å². The summed E-state index contributed by atoms with van der Waals surface area (Å²) in [6, 6.07) is 2.32. The van der Waals surface area contributed by atoms with Crippen molar-refractivity contribution in [2.75, 3.05) is 23.8 Å². The lowest BCUT2D eigenvalue weighted by molar-refractivity contribution is 0.301. The topological polar surface area (TPSA) is 75.3 Å². The number of aromatic nitrogens is 2. The number of hydrogen-bond acceptors (Lipinski definition) is 5. The van der Waals surface area contributed by atoms with Crippen LogP contribution in [0.25, 0.3) is 0 Å². The van der Waals surface area contributed by atoms with E-state index in [1.807, 2.05) is 0 Å². The van der Waals surface area contributed by atoms with Crippen molar-refractivity contribution in [3.8, 4) is 0 Å². The standard InChI is InChI=1S/C12H20N4O/c1-2-3-11-14-10(13)8-12(15-11)16(6-7-17)9-4-5-9/h8-9,17H,2-7H2,1H3,(H2,13,14,15). The predicted molar refractivity (Wildman–Crippen MR) is 67.9 cm³/mol. The van der Waals surface area contributed by atoms with Crippen LogP contribution in [0.4, 0.5) is 11.6 Å². The second-order valence-corrected chi connectivity index (χ2v) is 4.47. The molecule has 5 nitrogen and oxygen atoms in total. The molecule has 94 valence electrons. The van der Waals surface area contributed by atoms with Crippen LogP contribution in [0.1, 0.15) is 32.0 Å². The number of hydrogen-bond donors (Lipinski definition) is 2. The molecule has 1 saturated carbocycles. The highest BCUT2D eigenvalue weighted by molar-refractivity contribution is 5.48. The largest absolute Gasteiger partial charge is 0.395 e. The van der Waals surface area contributed by atoms with Crippen LogP contribution < -0.4 is 10.6 Å². The Kier molecular flexibility index (Phi) is 3.78. The number of nitrogens with zero attached hydrogens (tertiary/aromatic N) is 3. The van der Waals surface area contributed by atoms with Gasteiger partial charge < -0.3 is 15.7 Å². The monoisotopic (exact) mass is 236 g/mol. The Balaban J connectivity index is 2.22. The molecule has 0 radical (unpaired) electrons. The zero-order chi connectivity index (χ0) is 12.3. The van der Waals surface area contributed by atoms with Gasteiger partial charge in [0.25, 0.3) is 0 Å². The first-order valence-electron chi connectivity index (χ1n) is 6.25. The van der Waals surface area contributed by atoms with Gasteiger partial charge in [0.1, 0.15) is 17.5 Å². The third-order valence-electron chi connectivity index (χ3n) is 2.88. The molecular weight excluding hydrogens is 216 g/mol. The van der Waals surface area contributed by atoms with Gasteiger partial charge in [-0.1, -0.05) is 6.92 Å². The molecule has 3 N–H and O–H groups in total. The average molecular weight is 236 g/mol. The zero-order valence-corrected chi connectivity index (χ0v) is 10.3. The van der Waals surface area contributed by atoms with Gasteiger partial charge >= 0.3 is 0 Å². The van der Waals surface area contributed by atoms with Gasteiger partial charge in [-0.15, -0.1) is 0 Å². The molecule has 1 heterocycles.